The zero-order valence-corrected chi connectivity index (χ0v) is 17.9. The predicted molar refractivity (Wildman–Crippen MR) is 115 cm³/mol. The van der Waals surface area contributed by atoms with Gasteiger partial charge in [-0.2, -0.15) is 0 Å². The Morgan fingerprint density at radius 3 is 2.61 bits per heavy atom. The molecule has 0 aliphatic heterocycles. The molecule has 146 valence electrons. The highest BCUT2D eigenvalue weighted by molar-refractivity contribution is 7.99. The van der Waals surface area contributed by atoms with Gasteiger partial charge in [0.2, 0.25) is 5.91 Å². The second kappa shape index (κ2) is 9.45. The maximum absolute atomic E-state index is 12.3. The summed E-state index contributed by atoms with van der Waals surface area (Å²) in [5.74, 6) is 0.853. The van der Waals surface area contributed by atoms with Gasteiger partial charge in [-0.1, -0.05) is 65.3 Å². The van der Waals surface area contributed by atoms with Crippen LogP contribution in [0.15, 0.2) is 53.7 Å². The van der Waals surface area contributed by atoms with Crippen molar-refractivity contribution in [2.75, 3.05) is 5.75 Å². The fourth-order valence-corrected chi connectivity index (χ4v) is 4.10. The van der Waals surface area contributed by atoms with E-state index in [1.54, 1.807) is 12.1 Å². The molecule has 0 radical (unpaired) electrons. The average Bonchev–Trinajstić information content (AvgIpc) is 3.09. The van der Waals surface area contributed by atoms with Gasteiger partial charge in [-0.15, -0.1) is 10.2 Å². The van der Waals surface area contributed by atoms with Crippen LogP contribution in [0, 0.1) is 0 Å². The number of rotatable bonds is 7. The summed E-state index contributed by atoms with van der Waals surface area (Å²) < 4.78 is 1.94. The van der Waals surface area contributed by atoms with E-state index in [1.165, 1.54) is 11.8 Å². The van der Waals surface area contributed by atoms with E-state index in [2.05, 4.69) is 15.5 Å². The molecule has 1 atom stereocenters. The van der Waals surface area contributed by atoms with E-state index in [4.69, 9.17) is 23.2 Å². The molecular weight excluding hydrogens is 415 g/mol. The summed E-state index contributed by atoms with van der Waals surface area (Å²) in [6.07, 6.45) is 0. The lowest BCUT2D eigenvalue weighted by Gasteiger charge is -2.14. The Bertz CT molecular complexity index is 962. The molecule has 5 nitrogen and oxygen atoms in total. The lowest BCUT2D eigenvalue weighted by Crippen LogP contribution is -2.28. The number of amides is 1. The summed E-state index contributed by atoms with van der Waals surface area (Å²) in [4.78, 5) is 12.3. The van der Waals surface area contributed by atoms with Gasteiger partial charge in [-0.3, -0.25) is 4.79 Å². The Morgan fingerprint density at radius 2 is 1.93 bits per heavy atom. The molecule has 0 unspecified atom stereocenters. The fourth-order valence-electron chi connectivity index (χ4n) is 2.79. The summed E-state index contributed by atoms with van der Waals surface area (Å²) in [7, 11) is 0. The van der Waals surface area contributed by atoms with Crippen LogP contribution >= 0.6 is 35.0 Å². The first kappa shape index (κ1) is 20.7. The van der Waals surface area contributed by atoms with Gasteiger partial charge in [-0.25, -0.2) is 0 Å². The lowest BCUT2D eigenvalue weighted by atomic mass is 10.1. The molecule has 28 heavy (non-hydrogen) atoms. The maximum Gasteiger partial charge on any atom is 0.230 e. The average molecular weight is 435 g/mol. The number of carbonyl (C=O) groups is 1. The molecule has 0 fully saturated rings. The van der Waals surface area contributed by atoms with Gasteiger partial charge >= 0.3 is 0 Å². The highest BCUT2D eigenvalue weighted by Gasteiger charge is 2.17. The van der Waals surface area contributed by atoms with Crippen LogP contribution in [-0.2, 0) is 11.3 Å². The Morgan fingerprint density at radius 1 is 1.18 bits per heavy atom. The minimum Gasteiger partial charge on any atom is -0.349 e. The van der Waals surface area contributed by atoms with Gasteiger partial charge in [0.1, 0.15) is 0 Å². The van der Waals surface area contributed by atoms with Crippen LogP contribution in [0.3, 0.4) is 0 Å². The van der Waals surface area contributed by atoms with Gasteiger partial charge in [0.05, 0.1) is 16.8 Å². The number of halogens is 2. The molecule has 1 N–H and O–H groups in total. The van der Waals surface area contributed by atoms with Crippen molar-refractivity contribution in [1.29, 1.82) is 0 Å². The quantitative estimate of drug-likeness (QED) is 0.516. The first-order chi connectivity index (χ1) is 13.5. The van der Waals surface area contributed by atoms with E-state index in [-0.39, 0.29) is 17.7 Å². The standard InChI is InChI=1S/C20H20Cl2N4OS/c1-3-26-19(16-10-9-15(21)11-17(16)22)24-25-20(26)28-12-18(27)23-13(2)14-7-5-4-6-8-14/h4-11,13H,3,12H2,1-2H3,(H,23,27)/t13-/m0/s1. The Hall–Kier alpha value is -2.02. The summed E-state index contributed by atoms with van der Waals surface area (Å²) in [5.41, 5.74) is 1.83. The molecule has 3 aromatic rings. The van der Waals surface area contributed by atoms with E-state index in [0.29, 0.717) is 27.6 Å². The minimum atomic E-state index is -0.0573. The van der Waals surface area contributed by atoms with E-state index in [0.717, 1.165) is 11.1 Å². The summed E-state index contributed by atoms with van der Waals surface area (Å²) >= 11 is 13.6. The molecule has 0 aliphatic carbocycles. The summed E-state index contributed by atoms with van der Waals surface area (Å²) in [6, 6.07) is 15.1. The molecule has 1 amide bonds. The minimum absolute atomic E-state index is 0.0539. The Labute approximate surface area is 178 Å². The van der Waals surface area contributed by atoms with Crippen LogP contribution < -0.4 is 5.32 Å². The van der Waals surface area contributed by atoms with Gasteiger partial charge in [0.15, 0.2) is 11.0 Å². The van der Waals surface area contributed by atoms with Crippen molar-refractivity contribution < 1.29 is 4.79 Å². The van der Waals surface area contributed by atoms with Crippen molar-refractivity contribution in [3.05, 3.63) is 64.1 Å². The Balaban J connectivity index is 1.68. The van der Waals surface area contributed by atoms with Crippen LogP contribution in [0.25, 0.3) is 11.4 Å². The third kappa shape index (κ3) is 4.87. The van der Waals surface area contributed by atoms with Crippen LogP contribution in [0.1, 0.15) is 25.5 Å². The van der Waals surface area contributed by atoms with Crippen molar-refractivity contribution in [2.45, 2.75) is 31.6 Å². The van der Waals surface area contributed by atoms with Crippen LogP contribution in [0.5, 0.6) is 0 Å². The van der Waals surface area contributed by atoms with Gasteiger partial charge in [0.25, 0.3) is 0 Å². The molecule has 1 aromatic heterocycles. The van der Waals surface area contributed by atoms with E-state index in [1.807, 2.05) is 54.8 Å². The number of hydrogen-bond donors (Lipinski definition) is 1. The van der Waals surface area contributed by atoms with Gasteiger partial charge in [0, 0.05) is 17.1 Å². The SMILES string of the molecule is CCn1c(SCC(=O)N[C@@H](C)c2ccccc2)nnc1-c1ccc(Cl)cc1Cl. The first-order valence-electron chi connectivity index (χ1n) is 8.85. The van der Waals surface area contributed by atoms with E-state index in [9.17, 15) is 4.79 Å². The second-order valence-corrected chi connectivity index (χ2v) is 7.95. The molecular formula is C20H20Cl2N4OS. The molecule has 3 rings (SSSR count). The monoisotopic (exact) mass is 434 g/mol. The third-order valence-corrected chi connectivity index (χ3v) is 5.73. The highest BCUT2D eigenvalue weighted by atomic mass is 35.5. The number of carbonyl (C=O) groups excluding carboxylic acids is 1. The van der Waals surface area contributed by atoms with Gasteiger partial charge < -0.3 is 9.88 Å². The number of benzene rings is 2. The lowest BCUT2D eigenvalue weighted by molar-refractivity contribution is -0.119. The second-order valence-electron chi connectivity index (χ2n) is 6.16. The molecule has 8 heteroatoms. The number of thioether (sulfide) groups is 1. The largest absolute Gasteiger partial charge is 0.349 e. The van der Waals surface area contributed by atoms with Crippen molar-refractivity contribution in [2.24, 2.45) is 0 Å². The van der Waals surface area contributed by atoms with E-state index < -0.39 is 0 Å². The number of aromatic nitrogens is 3. The topological polar surface area (TPSA) is 59.8 Å². The maximum atomic E-state index is 12.3. The van der Waals surface area contributed by atoms with Crippen molar-refractivity contribution in [3.63, 3.8) is 0 Å². The van der Waals surface area contributed by atoms with Crippen LogP contribution in [-0.4, -0.2) is 26.4 Å². The zero-order valence-electron chi connectivity index (χ0n) is 15.5. The normalized spacial score (nSPS) is 12.0. The van der Waals surface area contributed by atoms with E-state index >= 15 is 0 Å². The first-order valence-corrected chi connectivity index (χ1v) is 10.6. The summed E-state index contributed by atoms with van der Waals surface area (Å²) in [6.45, 7) is 4.62. The predicted octanol–water partition coefficient (Wildman–Crippen LogP) is 5.24. The van der Waals surface area contributed by atoms with Crippen LogP contribution in [0.4, 0.5) is 0 Å². The number of nitrogens with one attached hydrogen (secondary N) is 1. The van der Waals surface area contributed by atoms with Crippen molar-refractivity contribution in [3.8, 4) is 11.4 Å². The van der Waals surface area contributed by atoms with Gasteiger partial charge in [-0.05, 0) is 37.6 Å². The molecule has 2 aromatic carbocycles. The van der Waals surface area contributed by atoms with Crippen molar-refractivity contribution >= 4 is 40.9 Å². The third-order valence-electron chi connectivity index (χ3n) is 4.21. The molecule has 0 spiro atoms. The molecule has 0 saturated heterocycles. The molecule has 0 aliphatic rings. The molecule has 0 bridgehead atoms. The summed E-state index contributed by atoms with van der Waals surface area (Å²) in [5, 5.41) is 13.3. The highest BCUT2D eigenvalue weighted by Crippen LogP contribution is 2.31. The fraction of sp³-hybridized carbons (Fsp3) is 0.250. The Kier molecular flexibility index (Phi) is 6.99. The van der Waals surface area contributed by atoms with Crippen molar-refractivity contribution in [1.82, 2.24) is 20.1 Å². The molecule has 1 heterocycles. The number of nitrogens with zero attached hydrogens (tertiary/aromatic N) is 3. The number of hydrogen-bond acceptors (Lipinski definition) is 4. The smallest absolute Gasteiger partial charge is 0.230 e. The zero-order chi connectivity index (χ0) is 20.1. The van der Waals surface area contributed by atoms with Crippen LogP contribution in [0.2, 0.25) is 10.0 Å². The molecule has 0 saturated carbocycles.